The van der Waals surface area contributed by atoms with E-state index in [-0.39, 0.29) is 0 Å². The van der Waals surface area contributed by atoms with Gasteiger partial charge in [0.2, 0.25) is 0 Å². The standard InChI is InChI=1S/C16H27O5P/c1-3-4-5-6-7-8-9-12-15-13-10-11-14-16(15)20-22(18,19-2)21-17/h10-11,13-14,17H,3-9,12H2,1-2H3. The zero-order valence-electron chi connectivity index (χ0n) is 13.5. The smallest absolute Gasteiger partial charge is 0.402 e. The van der Waals surface area contributed by atoms with Crippen LogP contribution in [-0.4, -0.2) is 12.4 Å². The molecule has 22 heavy (non-hydrogen) atoms. The molecule has 0 spiro atoms. The summed E-state index contributed by atoms with van der Waals surface area (Å²) < 4.78 is 25.5. The minimum absolute atomic E-state index is 0.424. The van der Waals surface area contributed by atoms with Crippen LogP contribution in [0.25, 0.3) is 0 Å². The summed E-state index contributed by atoms with van der Waals surface area (Å²) >= 11 is 0. The summed E-state index contributed by atoms with van der Waals surface area (Å²) in [7, 11) is -2.77. The molecule has 0 radical (unpaired) electrons. The Morgan fingerprint density at radius 2 is 1.68 bits per heavy atom. The fourth-order valence-electron chi connectivity index (χ4n) is 2.28. The molecule has 0 saturated heterocycles. The van der Waals surface area contributed by atoms with Gasteiger partial charge in [0.25, 0.3) is 0 Å². The highest BCUT2D eigenvalue weighted by atomic mass is 31.2. The maximum absolute atomic E-state index is 11.8. The van der Waals surface area contributed by atoms with Gasteiger partial charge in [0, 0.05) is 7.11 Å². The topological polar surface area (TPSA) is 65.0 Å². The van der Waals surface area contributed by atoms with Crippen LogP contribution in [0.2, 0.25) is 0 Å². The van der Waals surface area contributed by atoms with E-state index in [0.29, 0.717) is 5.75 Å². The van der Waals surface area contributed by atoms with E-state index in [1.165, 1.54) is 32.1 Å². The Hall–Kier alpha value is -0.870. The van der Waals surface area contributed by atoms with Crippen molar-refractivity contribution in [2.75, 3.05) is 7.11 Å². The predicted octanol–water partition coefficient (Wildman–Crippen LogP) is 5.60. The van der Waals surface area contributed by atoms with Gasteiger partial charge in [0.15, 0.2) is 0 Å². The molecule has 0 fully saturated rings. The molecule has 1 unspecified atom stereocenters. The van der Waals surface area contributed by atoms with E-state index in [9.17, 15) is 4.57 Å². The van der Waals surface area contributed by atoms with Crippen LogP contribution >= 0.6 is 7.82 Å². The highest BCUT2D eigenvalue weighted by Crippen LogP contribution is 2.48. The molecule has 0 aliphatic rings. The van der Waals surface area contributed by atoms with Crippen molar-refractivity contribution in [3.63, 3.8) is 0 Å². The molecular weight excluding hydrogens is 303 g/mol. The van der Waals surface area contributed by atoms with Gasteiger partial charge in [0.05, 0.1) is 0 Å². The van der Waals surface area contributed by atoms with Crippen molar-refractivity contribution in [1.29, 1.82) is 0 Å². The molecule has 1 aromatic carbocycles. The Labute approximate surface area is 133 Å². The fraction of sp³-hybridized carbons (Fsp3) is 0.625. The number of unbranched alkanes of at least 4 members (excludes halogenated alkanes) is 6. The number of phosphoric ester groups is 1. The molecule has 1 atom stereocenters. The van der Waals surface area contributed by atoms with Crippen LogP contribution in [0, 0.1) is 0 Å². The number of para-hydroxylation sites is 1. The molecule has 0 heterocycles. The zero-order chi connectivity index (χ0) is 16.3. The number of aryl methyl sites for hydroxylation is 1. The third kappa shape index (κ3) is 6.93. The summed E-state index contributed by atoms with van der Waals surface area (Å²) in [6.07, 6.45) is 9.43. The second-order valence-electron chi connectivity index (χ2n) is 5.28. The van der Waals surface area contributed by atoms with Crippen LogP contribution in [0.5, 0.6) is 5.75 Å². The first kappa shape index (κ1) is 19.2. The van der Waals surface area contributed by atoms with E-state index in [1.807, 2.05) is 12.1 Å². The van der Waals surface area contributed by atoms with Crippen LogP contribution in [0.1, 0.15) is 57.4 Å². The lowest BCUT2D eigenvalue weighted by atomic mass is 10.0. The number of benzene rings is 1. The minimum Gasteiger partial charge on any atom is -0.402 e. The van der Waals surface area contributed by atoms with E-state index in [1.54, 1.807) is 12.1 Å². The van der Waals surface area contributed by atoms with Crippen molar-refractivity contribution in [3.8, 4) is 5.75 Å². The largest absolute Gasteiger partial charge is 0.557 e. The summed E-state index contributed by atoms with van der Waals surface area (Å²) in [5.74, 6) is 0.424. The van der Waals surface area contributed by atoms with E-state index in [0.717, 1.165) is 31.9 Å². The summed E-state index contributed by atoms with van der Waals surface area (Å²) in [5.41, 5.74) is 0.936. The number of rotatable bonds is 12. The van der Waals surface area contributed by atoms with E-state index in [2.05, 4.69) is 16.1 Å². The molecule has 0 aliphatic carbocycles. The molecule has 0 aromatic heterocycles. The Morgan fingerprint density at radius 1 is 1.05 bits per heavy atom. The minimum atomic E-state index is -3.93. The average Bonchev–Trinajstić information content (AvgIpc) is 2.55. The SMILES string of the molecule is CCCCCCCCCc1ccccc1OP(=O)(OC)OO. The predicted molar refractivity (Wildman–Crippen MR) is 87.1 cm³/mol. The first-order valence-corrected chi connectivity index (χ1v) is 9.37. The van der Waals surface area contributed by atoms with Crippen LogP contribution < -0.4 is 4.52 Å². The molecule has 6 heteroatoms. The van der Waals surface area contributed by atoms with Gasteiger partial charge in [-0.2, -0.15) is 0 Å². The second kappa shape index (κ2) is 10.8. The molecule has 126 valence electrons. The molecule has 0 saturated carbocycles. The third-order valence-corrected chi connectivity index (χ3v) is 4.62. The van der Waals surface area contributed by atoms with Gasteiger partial charge in [-0.25, -0.2) is 9.82 Å². The average molecular weight is 330 g/mol. The first-order valence-electron chi connectivity index (χ1n) is 7.91. The Morgan fingerprint density at radius 3 is 2.32 bits per heavy atom. The molecule has 5 nitrogen and oxygen atoms in total. The van der Waals surface area contributed by atoms with Crippen molar-refractivity contribution in [3.05, 3.63) is 29.8 Å². The zero-order valence-corrected chi connectivity index (χ0v) is 14.4. The monoisotopic (exact) mass is 330 g/mol. The van der Waals surface area contributed by atoms with Crippen molar-refractivity contribution in [2.45, 2.75) is 58.3 Å². The van der Waals surface area contributed by atoms with Crippen molar-refractivity contribution >= 4 is 7.82 Å². The van der Waals surface area contributed by atoms with Crippen molar-refractivity contribution < 1.29 is 23.5 Å². The van der Waals surface area contributed by atoms with Gasteiger partial charge in [0.1, 0.15) is 5.75 Å². The normalized spacial score (nSPS) is 13.8. The van der Waals surface area contributed by atoms with Gasteiger partial charge < -0.3 is 4.52 Å². The van der Waals surface area contributed by atoms with Gasteiger partial charge in [-0.15, -0.1) is 4.67 Å². The number of hydrogen-bond acceptors (Lipinski definition) is 5. The molecule has 0 bridgehead atoms. The summed E-state index contributed by atoms with van der Waals surface area (Å²) in [4.78, 5) is 0. The molecule has 1 rings (SSSR count). The maximum Gasteiger partial charge on any atom is 0.557 e. The highest BCUT2D eigenvalue weighted by molar-refractivity contribution is 7.48. The van der Waals surface area contributed by atoms with Gasteiger partial charge in [-0.3, -0.25) is 4.52 Å². The van der Waals surface area contributed by atoms with E-state index >= 15 is 0 Å². The highest BCUT2D eigenvalue weighted by Gasteiger charge is 2.27. The van der Waals surface area contributed by atoms with Gasteiger partial charge >= 0.3 is 7.82 Å². The lowest BCUT2D eigenvalue weighted by Gasteiger charge is -2.15. The van der Waals surface area contributed by atoms with Crippen LogP contribution in [0.4, 0.5) is 0 Å². The second-order valence-corrected chi connectivity index (χ2v) is 6.89. The molecule has 1 aromatic rings. The molecule has 0 amide bonds. The Kier molecular flexibility index (Phi) is 9.41. The lowest BCUT2D eigenvalue weighted by Crippen LogP contribution is -2.00. The van der Waals surface area contributed by atoms with E-state index < -0.39 is 7.82 Å². The van der Waals surface area contributed by atoms with Gasteiger partial charge in [-0.1, -0.05) is 63.6 Å². The first-order chi connectivity index (χ1) is 10.6. The summed E-state index contributed by atoms with van der Waals surface area (Å²) in [6, 6.07) is 7.30. The summed E-state index contributed by atoms with van der Waals surface area (Å²) in [6.45, 7) is 2.21. The Balaban J connectivity index is 2.45. The molecule has 0 aliphatic heterocycles. The fourth-order valence-corrected chi connectivity index (χ4v) is 2.87. The quantitative estimate of drug-likeness (QED) is 0.234. The molecular formula is C16H27O5P. The number of phosphoric acid groups is 1. The van der Waals surface area contributed by atoms with Crippen LogP contribution in [0.15, 0.2) is 24.3 Å². The molecule has 1 N–H and O–H groups in total. The lowest BCUT2D eigenvalue weighted by molar-refractivity contribution is -0.158. The van der Waals surface area contributed by atoms with Gasteiger partial charge in [-0.05, 0) is 24.5 Å². The Bertz CT molecular complexity index is 456. The van der Waals surface area contributed by atoms with Crippen molar-refractivity contribution in [2.24, 2.45) is 0 Å². The summed E-state index contributed by atoms with van der Waals surface area (Å²) in [5, 5.41) is 8.64. The third-order valence-electron chi connectivity index (χ3n) is 3.56. The van der Waals surface area contributed by atoms with Crippen molar-refractivity contribution in [1.82, 2.24) is 0 Å². The number of hydrogen-bond donors (Lipinski definition) is 1. The van der Waals surface area contributed by atoms with Crippen LogP contribution in [0.3, 0.4) is 0 Å². The van der Waals surface area contributed by atoms with Crippen LogP contribution in [-0.2, 0) is 20.2 Å². The maximum atomic E-state index is 11.8. The van der Waals surface area contributed by atoms with E-state index in [4.69, 9.17) is 9.78 Å².